The zero-order chi connectivity index (χ0) is 23.5. The van der Waals surface area contributed by atoms with Crippen LogP contribution in [0.15, 0.2) is 59.6 Å². The van der Waals surface area contributed by atoms with Gasteiger partial charge in [0, 0.05) is 23.6 Å². The summed E-state index contributed by atoms with van der Waals surface area (Å²) in [5.41, 5.74) is -0.953. The van der Waals surface area contributed by atoms with E-state index in [-0.39, 0.29) is 16.5 Å². The van der Waals surface area contributed by atoms with Gasteiger partial charge in [0.15, 0.2) is 0 Å². The number of nitro groups is 2. The maximum atomic E-state index is 12.5. The first-order valence-electron chi connectivity index (χ1n) is 8.73. The Morgan fingerprint density at radius 1 is 1.00 bits per heavy atom. The Kier molecular flexibility index (Phi) is 6.06. The lowest BCUT2D eigenvalue weighted by Crippen LogP contribution is -2.16. The molecule has 0 fully saturated rings. The summed E-state index contributed by atoms with van der Waals surface area (Å²) >= 11 is 0. The molecular formula is C18H14N6O7S. The molecule has 0 spiro atoms. The minimum atomic E-state index is -4.00. The zero-order valence-electron chi connectivity index (χ0n) is 16.3. The van der Waals surface area contributed by atoms with Crippen LogP contribution in [0.2, 0.25) is 0 Å². The Morgan fingerprint density at radius 2 is 1.69 bits per heavy atom. The van der Waals surface area contributed by atoms with Crippen LogP contribution in [-0.2, 0) is 10.0 Å². The van der Waals surface area contributed by atoms with Crippen molar-refractivity contribution in [2.45, 2.75) is 11.8 Å². The van der Waals surface area contributed by atoms with Gasteiger partial charge in [-0.3, -0.25) is 25.0 Å². The number of aryl methyl sites for hydroxylation is 1. The molecule has 2 aromatic carbocycles. The summed E-state index contributed by atoms with van der Waals surface area (Å²) in [6.07, 6.45) is 1.40. The average molecular weight is 458 g/mol. The van der Waals surface area contributed by atoms with Crippen molar-refractivity contribution >= 4 is 38.9 Å². The molecule has 0 aliphatic carbocycles. The lowest BCUT2D eigenvalue weighted by Gasteiger charge is -2.09. The number of carbonyl (C=O) groups excluding carboxylic acids is 1. The Labute approximate surface area is 180 Å². The highest BCUT2D eigenvalue weighted by Gasteiger charge is 2.24. The monoisotopic (exact) mass is 458 g/mol. The van der Waals surface area contributed by atoms with Crippen molar-refractivity contribution in [3.8, 4) is 0 Å². The smallest absolute Gasteiger partial charge is 0.289 e. The van der Waals surface area contributed by atoms with Crippen molar-refractivity contribution in [3.63, 3.8) is 0 Å². The van der Waals surface area contributed by atoms with Crippen molar-refractivity contribution in [1.29, 1.82) is 0 Å². The van der Waals surface area contributed by atoms with Crippen LogP contribution in [0.3, 0.4) is 0 Å². The number of nitrogens with zero attached hydrogens (tertiary/aromatic N) is 4. The van der Waals surface area contributed by atoms with Crippen LogP contribution >= 0.6 is 0 Å². The number of rotatable bonds is 7. The molecule has 0 unspecified atom stereocenters. The van der Waals surface area contributed by atoms with Crippen molar-refractivity contribution in [1.82, 2.24) is 9.97 Å². The number of hydrogen-bond donors (Lipinski definition) is 2. The minimum absolute atomic E-state index is 0.104. The van der Waals surface area contributed by atoms with E-state index in [2.05, 4.69) is 20.0 Å². The van der Waals surface area contributed by atoms with E-state index in [1.54, 1.807) is 13.0 Å². The number of hydrogen-bond acceptors (Lipinski definition) is 9. The number of nitro benzene ring substituents is 2. The fourth-order valence-corrected chi connectivity index (χ4v) is 3.52. The molecule has 1 amide bonds. The molecule has 1 aromatic heterocycles. The molecule has 32 heavy (non-hydrogen) atoms. The summed E-state index contributed by atoms with van der Waals surface area (Å²) in [6, 6.07) is 9.19. The van der Waals surface area contributed by atoms with Crippen LogP contribution in [-0.4, -0.2) is 34.1 Å². The number of anilines is 2. The predicted molar refractivity (Wildman–Crippen MR) is 112 cm³/mol. The molecule has 0 aliphatic rings. The third kappa shape index (κ3) is 4.99. The maximum absolute atomic E-state index is 12.5. The second-order valence-corrected chi connectivity index (χ2v) is 8.00. The van der Waals surface area contributed by atoms with Gasteiger partial charge in [-0.25, -0.2) is 23.1 Å². The van der Waals surface area contributed by atoms with E-state index in [1.807, 2.05) is 0 Å². The van der Waals surface area contributed by atoms with E-state index in [4.69, 9.17) is 0 Å². The minimum Gasteiger partial charge on any atom is -0.322 e. The lowest BCUT2D eigenvalue weighted by molar-refractivity contribution is -0.394. The highest BCUT2D eigenvalue weighted by atomic mass is 32.2. The van der Waals surface area contributed by atoms with Gasteiger partial charge in [-0.05, 0) is 43.3 Å². The molecule has 0 saturated carbocycles. The lowest BCUT2D eigenvalue weighted by atomic mass is 10.1. The number of nitrogens with one attached hydrogen (secondary N) is 2. The Morgan fingerprint density at radius 3 is 2.28 bits per heavy atom. The topological polar surface area (TPSA) is 187 Å². The SMILES string of the molecule is Cc1ccnc(NS(=O)(=O)c2ccc(NC(=O)c3ccc([N+](=O)[O-])cc3[N+](=O)[O-])cc2)n1. The number of benzene rings is 2. The van der Waals surface area contributed by atoms with Gasteiger partial charge in [0.25, 0.3) is 27.3 Å². The van der Waals surface area contributed by atoms with Gasteiger partial charge in [0.1, 0.15) is 5.56 Å². The summed E-state index contributed by atoms with van der Waals surface area (Å²) in [7, 11) is -4.00. The van der Waals surface area contributed by atoms with Crippen LogP contribution in [0.5, 0.6) is 0 Å². The fraction of sp³-hybridized carbons (Fsp3) is 0.0556. The van der Waals surface area contributed by atoms with Crippen molar-refractivity contribution in [2.24, 2.45) is 0 Å². The molecule has 0 radical (unpaired) electrons. The first-order valence-corrected chi connectivity index (χ1v) is 10.2. The highest BCUT2D eigenvalue weighted by Crippen LogP contribution is 2.26. The molecule has 2 N–H and O–H groups in total. The summed E-state index contributed by atoms with van der Waals surface area (Å²) in [4.78, 5) is 40.4. The van der Waals surface area contributed by atoms with Gasteiger partial charge in [-0.1, -0.05) is 0 Å². The summed E-state index contributed by atoms with van der Waals surface area (Å²) in [5.74, 6) is -0.999. The van der Waals surface area contributed by atoms with E-state index in [9.17, 15) is 33.4 Å². The van der Waals surface area contributed by atoms with Gasteiger partial charge in [0.05, 0.1) is 20.8 Å². The average Bonchev–Trinajstić information content (AvgIpc) is 2.73. The van der Waals surface area contributed by atoms with E-state index in [0.717, 1.165) is 12.1 Å². The van der Waals surface area contributed by atoms with E-state index >= 15 is 0 Å². The van der Waals surface area contributed by atoms with Crippen molar-refractivity contribution in [3.05, 3.63) is 86.2 Å². The van der Waals surface area contributed by atoms with Gasteiger partial charge in [-0.15, -0.1) is 0 Å². The first kappa shape index (κ1) is 22.2. The Hall–Kier alpha value is -4.46. The van der Waals surface area contributed by atoms with E-state index in [1.165, 1.54) is 30.5 Å². The van der Waals surface area contributed by atoms with Gasteiger partial charge >= 0.3 is 0 Å². The molecule has 3 rings (SSSR count). The third-order valence-corrected chi connectivity index (χ3v) is 5.42. The Bertz CT molecular complexity index is 1330. The summed E-state index contributed by atoms with van der Waals surface area (Å²) < 4.78 is 27.2. The number of aromatic nitrogens is 2. The number of amides is 1. The van der Waals surface area contributed by atoms with Gasteiger partial charge in [-0.2, -0.15) is 0 Å². The van der Waals surface area contributed by atoms with Crippen molar-refractivity contribution in [2.75, 3.05) is 10.0 Å². The van der Waals surface area contributed by atoms with Crippen LogP contribution < -0.4 is 10.0 Å². The molecule has 13 nitrogen and oxygen atoms in total. The first-order chi connectivity index (χ1) is 15.1. The molecule has 1 heterocycles. The molecule has 164 valence electrons. The number of sulfonamides is 1. The fourth-order valence-electron chi connectivity index (χ4n) is 2.57. The molecule has 0 aliphatic heterocycles. The standard InChI is InChI=1S/C18H14N6O7S/c1-11-8-9-19-18(20-11)22-32(30,31)14-5-2-12(3-6-14)21-17(25)15-7-4-13(23(26)27)10-16(15)24(28)29/h2-10H,1H3,(H,21,25)(H,19,20,22). The number of carbonyl (C=O) groups is 1. The second kappa shape index (κ2) is 8.73. The largest absolute Gasteiger partial charge is 0.322 e. The summed E-state index contributed by atoms with van der Waals surface area (Å²) in [6.45, 7) is 1.67. The molecular weight excluding hydrogens is 444 g/mol. The van der Waals surface area contributed by atoms with Gasteiger partial charge < -0.3 is 5.32 Å². The number of non-ortho nitro benzene ring substituents is 1. The summed E-state index contributed by atoms with van der Waals surface area (Å²) in [5, 5.41) is 24.4. The van der Waals surface area contributed by atoms with E-state index in [0.29, 0.717) is 11.8 Å². The van der Waals surface area contributed by atoms with Crippen LogP contribution in [0.4, 0.5) is 23.0 Å². The molecule has 0 bridgehead atoms. The van der Waals surface area contributed by atoms with Crippen LogP contribution in [0, 0.1) is 27.2 Å². The second-order valence-electron chi connectivity index (χ2n) is 6.32. The van der Waals surface area contributed by atoms with E-state index < -0.39 is 42.7 Å². The molecule has 14 heteroatoms. The van der Waals surface area contributed by atoms with Crippen LogP contribution in [0.25, 0.3) is 0 Å². The molecule has 0 atom stereocenters. The normalized spacial score (nSPS) is 10.9. The molecule has 3 aromatic rings. The molecule has 0 saturated heterocycles. The predicted octanol–water partition coefficient (Wildman–Crippen LogP) is 2.65. The van der Waals surface area contributed by atoms with Gasteiger partial charge in [0.2, 0.25) is 5.95 Å². The highest BCUT2D eigenvalue weighted by molar-refractivity contribution is 7.92. The zero-order valence-corrected chi connectivity index (χ0v) is 17.1. The Balaban J connectivity index is 1.79. The van der Waals surface area contributed by atoms with Crippen molar-refractivity contribution < 1.29 is 23.1 Å². The van der Waals surface area contributed by atoms with Crippen LogP contribution in [0.1, 0.15) is 16.1 Å². The quantitative estimate of drug-likeness (QED) is 0.396. The third-order valence-electron chi connectivity index (χ3n) is 4.08. The maximum Gasteiger partial charge on any atom is 0.289 e.